The van der Waals surface area contributed by atoms with Gasteiger partial charge in [-0.2, -0.15) is 0 Å². The van der Waals surface area contributed by atoms with Crippen molar-refractivity contribution in [3.63, 3.8) is 0 Å². The van der Waals surface area contributed by atoms with Crippen molar-refractivity contribution in [2.45, 2.75) is 40.0 Å². The third kappa shape index (κ3) is 6.05. The lowest BCUT2D eigenvalue weighted by atomic mass is 9.84. The number of piperidine rings is 1. The van der Waals surface area contributed by atoms with Crippen molar-refractivity contribution >= 4 is 11.9 Å². The van der Waals surface area contributed by atoms with Crippen LogP contribution in [0.25, 0.3) is 0 Å². The van der Waals surface area contributed by atoms with Gasteiger partial charge in [0.25, 0.3) is 0 Å². The van der Waals surface area contributed by atoms with Crippen LogP contribution in [0.1, 0.15) is 40.0 Å². The third-order valence-electron chi connectivity index (χ3n) is 3.44. The fraction of sp³-hybridized carbons (Fsp3) is 0.857. The average Bonchev–Trinajstić information content (AvgIpc) is 2.33. The maximum atomic E-state index is 12.0. The van der Waals surface area contributed by atoms with E-state index < -0.39 is 11.9 Å². The van der Waals surface area contributed by atoms with Crippen LogP contribution in [0.5, 0.6) is 0 Å². The van der Waals surface area contributed by atoms with Crippen molar-refractivity contribution in [3.05, 3.63) is 0 Å². The number of nitrogens with one attached hydrogen (secondary N) is 2. The summed E-state index contributed by atoms with van der Waals surface area (Å²) in [5, 5.41) is 15.2. The summed E-state index contributed by atoms with van der Waals surface area (Å²) in [6.45, 7) is 7.99. The molecule has 0 aromatic heterocycles. The zero-order chi connectivity index (χ0) is 14.5. The molecule has 1 saturated heterocycles. The smallest absolute Gasteiger partial charge is 0.308 e. The molecule has 5 nitrogen and oxygen atoms in total. The van der Waals surface area contributed by atoms with Crippen LogP contribution in [-0.2, 0) is 9.59 Å². The van der Waals surface area contributed by atoms with Crippen LogP contribution in [0.3, 0.4) is 0 Å². The molecule has 1 atom stereocenters. The lowest BCUT2D eigenvalue weighted by Gasteiger charge is -2.25. The zero-order valence-electron chi connectivity index (χ0n) is 12.2. The van der Waals surface area contributed by atoms with Crippen molar-refractivity contribution in [3.8, 4) is 0 Å². The molecule has 3 N–H and O–H groups in total. The molecule has 1 aliphatic rings. The molecule has 19 heavy (non-hydrogen) atoms. The number of carboxylic acid groups (broad SMARTS) is 1. The van der Waals surface area contributed by atoms with E-state index in [-0.39, 0.29) is 23.8 Å². The summed E-state index contributed by atoms with van der Waals surface area (Å²) in [7, 11) is 0. The Kier molecular flexibility index (Phi) is 5.79. The van der Waals surface area contributed by atoms with Gasteiger partial charge in [0.2, 0.25) is 5.91 Å². The second-order valence-electron chi connectivity index (χ2n) is 6.57. The predicted octanol–water partition coefficient (Wildman–Crippen LogP) is 1.24. The monoisotopic (exact) mass is 270 g/mol. The van der Waals surface area contributed by atoms with Gasteiger partial charge in [-0.15, -0.1) is 0 Å². The van der Waals surface area contributed by atoms with Crippen LogP contribution >= 0.6 is 0 Å². The summed E-state index contributed by atoms with van der Waals surface area (Å²) in [6, 6.07) is 0. The van der Waals surface area contributed by atoms with Gasteiger partial charge in [0.05, 0.1) is 5.92 Å². The molecule has 0 aromatic rings. The largest absolute Gasteiger partial charge is 0.481 e. The Balaban J connectivity index is 2.42. The Labute approximate surface area is 115 Å². The molecule has 0 aromatic carbocycles. The van der Waals surface area contributed by atoms with E-state index in [4.69, 9.17) is 0 Å². The molecule has 0 aliphatic carbocycles. The van der Waals surface area contributed by atoms with E-state index in [9.17, 15) is 14.7 Å². The second kappa shape index (κ2) is 6.89. The van der Waals surface area contributed by atoms with E-state index in [1.54, 1.807) is 0 Å². The number of amides is 1. The minimum Gasteiger partial charge on any atom is -0.481 e. The first-order valence-corrected chi connectivity index (χ1v) is 7.01. The maximum Gasteiger partial charge on any atom is 0.308 e. The third-order valence-corrected chi connectivity index (χ3v) is 3.44. The molecule has 1 fully saturated rings. The topological polar surface area (TPSA) is 78.4 Å². The van der Waals surface area contributed by atoms with Gasteiger partial charge in [0.15, 0.2) is 0 Å². The molecule has 1 heterocycles. The van der Waals surface area contributed by atoms with Crippen LogP contribution < -0.4 is 10.6 Å². The van der Waals surface area contributed by atoms with Gasteiger partial charge < -0.3 is 15.7 Å². The molecule has 0 bridgehead atoms. The highest BCUT2D eigenvalue weighted by atomic mass is 16.4. The quantitative estimate of drug-likeness (QED) is 0.702. The molecular formula is C14H26N2O3. The molecule has 5 heteroatoms. The van der Waals surface area contributed by atoms with Gasteiger partial charge in [0.1, 0.15) is 0 Å². The molecule has 0 saturated carbocycles. The number of carboxylic acids is 1. The fourth-order valence-corrected chi connectivity index (χ4v) is 2.44. The van der Waals surface area contributed by atoms with Crippen molar-refractivity contribution in [1.29, 1.82) is 0 Å². The van der Waals surface area contributed by atoms with Crippen LogP contribution in [0.2, 0.25) is 0 Å². The van der Waals surface area contributed by atoms with E-state index in [2.05, 4.69) is 10.6 Å². The van der Waals surface area contributed by atoms with Crippen LogP contribution in [0, 0.1) is 17.3 Å². The molecule has 0 radical (unpaired) electrons. The predicted molar refractivity (Wildman–Crippen MR) is 73.8 cm³/mol. The van der Waals surface area contributed by atoms with E-state index in [0.29, 0.717) is 6.42 Å². The molecule has 1 aliphatic heterocycles. The average molecular weight is 270 g/mol. The Morgan fingerprint density at radius 2 is 1.89 bits per heavy atom. The standard InChI is InChI=1S/C14H26N2O3/c1-14(2,3)8-11(13(18)19)9-16-12(17)10-4-6-15-7-5-10/h10-11,15H,4-9H2,1-3H3,(H,16,17)(H,18,19). The number of aliphatic carboxylic acids is 1. The molecule has 1 rings (SSSR count). The van der Waals surface area contributed by atoms with Gasteiger partial charge in [-0.3, -0.25) is 9.59 Å². The highest BCUT2D eigenvalue weighted by Gasteiger charge is 2.27. The minimum absolute atomic E-state index is 0.00154. The van der Waals surface area contributed by atoms with Gasteiger partial charge >= 0.3 is 5.97 Å². The second-order valence-corrected chi connectivity index (χ2v) is 6.57. The van der Waals surface area contributed by atoms with Gasteiger partial charge in [0, 0.05) is 12.5 Å². The van der Waals surface area contributed by atoms with Gasteiger partial charge in [-0.1, -0.05) is 20.8 Å². The summed E-state index contributed by atoms with van der Waals surface area (Å²) < 4.78 is 0. The van der Waals surface area contributed by atoms with Crippen molar-refractivity contribution in [2.24, 2.45) is 17.3 Å². The number of rotatable bonds is 5. The summed E-state index contributed by atoms with van der Waals surface area (Å²) >= 11 is 0. The first-order chi connectivity index (χ1) is 8.79. The number of carbonyl (C=O) groups is 2. The number of hydrogen-bond acceptors (Lipinski definition) is 3. The summed E-state index contributed by atoms with van der Waals surface area (Å²) in [4.78, 5) is 23.2. The van der Waals surface area contributed by atoms with Gasteiger partial charge in [-0.05, 0) is 37.8 Å². The molecular weight excluding hydrogens is 244 g/mol. The first-order valence-electron chi connectivity index (χ1n) is 7.01. The minimum atomic E-state index is -0.833. The Morgan fingerprint density at radius 1 is 1.32 bits per heavy atom. The lowest BCUT2D eigenvalue weighted by Crippen LogP contribution is -2.41. The summed E-state index contributed by atoms with van der Waals surface area (Å²) in [5.74, 6) is -1.31. The molecule has 0 spiro atoms. The SMILES string of the molecule is CC(C)(C)CC(CNC(=O)C1CCNCC1)C(=O)O. The van der Waals surface area contributed by atoms with Crippen molar-refractivity contribution in [2.75, 3.05) is 19.6 Å². The highest BCUT2D eigenvalue weighted by Crippen LogP contribution is 2.24. The Morgan fingerprint density at radius 3 is 2.37 bits per heavy atom. The normalized spacial score (nSPS) is 18.9. The zero-order valence-corrected chi connectivity index (χ0v) is 12.2. The van der Waals surface area contributed by atoms with Crippen molar-refractivity contribution in [1.82, 2.24) is 10.6 Å². The van der Waals surface area contributed by atoms with Crippen LogP contribution in [-0.4, -0.2) is 36.6 Å². The maximum absolute atomic E-state index is 12.0. The first kappa shape index (κ1) is 16.0. The lowest BCUT2D eigenvalue weighted by molar-refractivity contribution is -0.142. The van der Waals surface area contributed by atoms with Crippen LogP contribution in [0.4, 0.5) is 0 Å². The Bertz CT molecular complexity index is 317. The highest BCUT2D eigenvalue weighted by molar-refractivity contribution is 5.79. The number of carbonyl (C=O) groups excluding carboxylic acids is 1. The molecule has 1 unspecified atom stereocenters. The van der Waals surface area contributed by atoms with Crippen LogP contribution in [0.15, 0.2) is 0 Å². The Hall–Kier alpha value is -1.10. The van der Waals surface area contributed by atoms with Gasteiger partial charge in [-0.25, -0.2) is 0 Å². The summed E-state index contributed by atoms with van der Waals surface area (Å²) in [6.07, 6.45) is 2.24. The van der Waals surface area contributed by atoms with E-state index >= 15 is 0 Å². The fourth-order valence-electron chi connectivity index (χ4n) is 2.44. The number of hydrogen-bond donors (Lipinski definition) is 3. The van der Waals surface area contributed by atoms with E-state index in [0.717, 1.165) is 25.9 Å². The molecule has 110 valence electrons. The van der Waals surface area contributed by atoms with Crippen molar-refractivity contribution < 1.29 is 14.7 Å². The van der Waals surface area contributed by atoms with E-state index in [1.807, 2.05) is 20.8 Å². The van der Waals surface area contributed by atoms with E-state index in [1.165, 1.54) is 0 Å². The summed E-state index contributed by atoms with van der Waals surface area (Å²) in [5.41, 5.74) is -0.0530. The molecule has 1 amide bonds.